The minimum absolute atomic E-state index is 0.131. The van der Waals surface area contributed by atoms with E-state index in [4.69, 9.17) is 5.73 Å². The summed E-state index contributed by atoms with van der Waals surface area (Å²) in [7, 11) is 1.86. The lowest BCUT2D eigenvalue weighted by Crippen LogP contribution is -2.40. The molecule has 2 heterocycles. The molecule has 1 fully saturated rings. The van der Waals surface area contributed by atoms with Crippen LogP contribution in [0.15, 0.2) is 6.20 Å². The van der Waals surface area contributed by atoms with E-state index in [1.807, 2.05) is 25.1 Å². The number of aromatic nitrogens is 2. The maximum absolute atomic E-state index is 12.6. The molecule has 5 heteroatoms. The molecule has 0 aromatic carbocycles. The van der Waals surface area contributed by atoms with Gasteiger partial charge < -0.3 is 10.6 Å². The van der Waals surface area contributed by atoms with E-state index in [2.05, 4.69) is 5.10 Å². The Morgan fingerprint density at radius 1 is 1.58 bits per heavy atom. The SMILES string of the molecule is CCc1nn(C)cc1C(=O)N1CCCC(CCN)C1. The second-order valence-corrected chi connectivity index (χ2v) is 5.35. The molecule has 1 aliphatic heterocycles. The third-order valence-corrected chi connectivity index (χ3v) is 3.85. The molecule has 0 spiro atoms. The maximum atomic E-state index is 12.6. The van der Waals surface area contributed by atoms with Crippen LogP contribution in [0.1, 0.15) is 42.2 Å². The van der Waals surface area contributed by atoms with E-state index in [-0.39, 0.29) is 5.91 Å². The van der Waals surface area contributed by atoms with E-state index < -0.39 is 0 Å². The second-order valence-electron chi connectivity index (χ2n) is 5.35. The molecular formula is C14H24N4O. The van der Waals surface area contributed by atoms with E-state index in [9.17, 15) is 4.79 Å². The minimum Gasteiger partial charge on any atom is -0.338 e. The Kier molecular flexibility index (Phi) is 4.58. The van der Waals surface area contributed by atoms with Gasteiger partial charge in [-0.15, -0.1) is 0 Å². The molecule has 1 saturated heterocycles. The predicted molar refractivity (Wildman–Crippen MR) is 74.9 cm³/mol. The summed E-state index contributed by atoms with van der Waals surface area (Å²) in [6, 6.07) is 0. The summed E-state index contributed by atoms with van der Waals surface area (Å²) < 4.78 is 1.73. The van der Waals surface area contributed by atoms with Crippen LogP contribution in [0, 0.1) is 5.92 Å². The fraction of sp³-hybridized carbons (Fsp3) is 0.714. The summed E-state index contributed by atoms with van der Waals surface area (Å²) in [6.45, 7) is 4.44. The zero-order chi connectivity index (χ0) is 13.8. The van der Waals surface area contributed by atoms with Gasteiger partial charge >= 0.3 is 0 Å². The molecule has 0 bridgehead atoms. The van der Waals surface area contributed by atoms with Crippen LogP contribution in [0.5, 0.6) is 0 Å². The summed E-state index contributed by atoms with van der Waals surface area (Å²) in [4.78, 5) is 14.6. The number of hydrogen-bond donors (Lipinski definition) is 1. The van der Waals surface area contributed by atoms with Crippen LogP contribution >= 0.6 is 0 Å². The molecule has 0 saturated carbocycles. The highest BCUT2D eigenvalue weighted by Gasteiger charge is 2.26. The molecule has 1 aliphatic rings. The molecule has 5 nitrogen and oxygen atoms in total. The van der Waals surface area contributed by atoms with Crippen LogP contribution in [0.4, 0.5) is 0 Å². The van der Waals surface area contributed by atoms with E-state index in [0.717, 1.165) is 43.6 Å². The van der Waals surface area contributed by atoms with E-state index >= 15 is 0 Å². The number of piperidine rings is 1. The standard InChI is InChI=1S/C14H24N4O/c1-3-13-12(10-17(2)16-13)14(19)18-8-4-5-11(9-18)6-7-15/h10-11H,3-9,15H2,1-2H3. The monoisotopic (exact) mass is 264 g/mol. The average Bonchev–Trinajstić information content (AvgIpc) is 2.80. The van der Waals surface area contributed by atoms with Crippen molar-refractivity contribution in [3.8, 4) is 0 Å². The lowest BCUT2D eigenvalue weighted by atomic mass is 9.94. The highest BCUT2D eigenvalue weighted by Crippen LogP contribution is 2.21. The van der Waals surface area contributed by atoms with Crippen molar-refractivity contribution in [1.29, 1.82) is 0 Å². The summed E-state index contributed by atoms with van der Waals surface area (Å²) in [6.07, 6.45) is 5.92. The van der Waals surface area contributed by atoms with Gasteiger partial charge in [-0.3, -0.25) is 9.48 Å². The van der Waals surface area contributed by atoms with Crippen molar-refractivity contribution < 1.29 is 4.79 Å². The van der Waals surface area contributed by atoms with Crippen molar-refractivity contribution in [2.75, 3.05) is 19.6 Å². The zero-order valence-corrected chi connectivity index (χ0v) is 11.9. The molecule has 106 valence electrons. The van der Waals surface area contributed by atoms with Crippen molar-refractivity contribution in [2.24, 2.45) is 18.7 Å². The van der Waals surface area contributed by atoms with Crippen molar-refractivity contribution in [2.45, 2.75) is 32.6 Å². The van der Waals surface area contributed by atoms with Crippen LogP contribution < -0.4 is 5.73 Å². The number of carbonyl (C=O) groups is 1. The first-order valence-electron chi connectivity index (χ1n) is 7.17. The predicted octanol–water partition coefficient (Wildman–Crippen LogP) is 1.18. The van der Waals surface area contributed by atoms with Gasteiger partial charge in [-0.25, -0.2) is 0 Å². The van der Waals surface area contributed by atoms with E-state index in [0.29, 0.717) is 12.5 Å². The largest absolute Gasteiger partial charge is 0.338 e. The van der Waals surface area contributed by atoms with Crippen LogP contribution in [0.2, 0.25) is 0 Å². The third-order valence-electron chi connectivity index (χ3n) is 3.85. The van der Waals surface area contributed by atoms with Crippen molar-refractivity contribution >= 4 is 5.91 Å². The average molecular weight is 264 g/mol. The first-order chi connectivity index (χ1) is 9.15. The molecule has 1 unspecified atom stereocenters. The molecular weight excluding hydrogens is 240 g/mol. The molecule has 0 radical (unpaired) electrons. The van der Waals surface area contributed by atoms with Gasteiger partial charge in [0.2, 0.25) is 0 Å². The fourth-order valence-corrected chi connectivity index (χ4v) is 2.87. The second kappa shape index (κ2) is 6.19. The van der Waals surface area contributed by atoms with Crippen LogP contribution in [0.3, 0.4) is 0 Å². The van der Waals surface area contributed by atoms with Crippen molar-refractivity contribution in [3.05, 3.63) is 17.5 Å². The summed E-state index contributed by atoms with van der Waals surface area (Å²) >= 11 is 0. The highest BCUT2D eigenvalue weighted by molar-refractivity contribution is 5.95. The Morgan fingerprint density at radius 3 is 3.05 bits per heavy atom. The Morgan fingerprint density at radius 2 is 2.37 bits per heavy atom. The Labute approximate surface area is 114 Å². The number of hydrogen-bond acceptors (Lipinski definition) is 3. The molecule has 1 aromatic heterocycles. The number of nitrogens with zero attached hydrogens (tertiary/aromatic N) is 3. The smallest absolute Gasteiger partial charge is 0.257 e. The van der Waals surface area contributed by atoms with Gasteiger partial charge in [-0.05, 0) is 38.1 Å². The molecule has 19 heavy (non-hydrogen) atoms. The molecule has 1 amide bonds. The van der Waals surface area contributed by atoms with Crippen molar-refractivity contribution in [3.63, 3.8) is 0 Å². The fourth-order valence-electron chi connectivity index (χ4n) is 2.87. The minimum atomic E-state index is 0.131. The number of nitrogens with two attached hydrogens (primary N) is 1. The lowest BCUT2D eigenvalue weighted by molar-refractivity contribution is 0.0668. The topological polar surface area (TPSA) is 64.2 Å². The first-order valence-corrected chi connectivity index (χ1v) is 7.17. The normalized spacial score (nSPS) is 19.7. The maximum Gasteiger partial charge on any atom is 0.257 e. The number of rotatable bonds is 4. The van der Waals surface area contributed by atoms with Crippen LogP contribution in [0.25, 0.3) is 0 Å². The highest BCUT2D eigenvalue weighted by atomic mass is 16.2. The Balaban J connectivity index is 2.10. The van der Waals surface area contributed by atoms with Gasteiger partial charge in [0.15, 0.2) is 0 Å². The molecule has 0 aliphatic carbocycles. The summed E-state index contributed by atoms with van der Waals surface area (Å²) in [5.41, 5.74) is 7.28. The number of amides is 1. The molecule has 1 atom stereocenters. The third kappa shape index (κ3) is 3.15. The lowest BCUT2D eigenvalue weighted by Gasteiger charge is -2.32. The van der Waals surface area contributed by atoms with Gasteiger partial charge in [0, 0.05) is 26.3 Å². The number of likely N-dealkylation sites (tertiary alicyclic amines) is 1. The Hall–Kier alpha value is -1.36. The van der Waals surface area contributed by atoms with E-state index in [1.54, 1.807) is 4.68 Å². The summed E-state index contributed by atoms with van der Waals surface area (Å²) in [5.74, 6) is 0.691. The number of carbonyl (C=O) groups excluding carboxylic acids is 1. The molecule has 1 aromatic rings. The Bertz CT molecular complexity index is 439. The first kappa shape index (κ1) is 14.1. The van der Waals surface area contributed by atoms with Gasteiger partial charge in [0.05, 0.1) is 11.3 Å². The zero-order valence-electron chi connectivity index (χ0n) is 11.9. The molecule has 2 N–H and O–H groups in total. The van der Waals surface area contributed by atoms with E-state index in [1.165, 1.54) is 6.42 Å². The van der Waals surface area contributed by atoms with Gasteiger partial charge in [-0.2, -0.15) is 5.10 Å². The van der Waals surface area contributed by atoms with Gasteiger partial charge in [0.1, 0.15) is 0 Å². The van der Waals surface area contributed by atoms with Crippen LogP contribution in [-0.4, -0.2) is 40.2 Å². The van der Waals surface area contributed by atoms with Crippen LogP contribution in [-0.2, 0) is 13.5 Å². The van der Waals surface area contributed by atoms with Crippen molar-refractivity contribution in [1.82, 2.24) is 14.7 Å². The number of aryl methyl sites for hydroxylation is 2. The van der Waals surface area contributed by atoms with Gasteiger partial charge in [0.25, 0.3) is 5.91 Å². The summed E-state index contributed by atoms with van der Waals surface area (Å²) in [5, 5.41) is 4.35. The molecule has 2 rings (SSSR count). The quantitative estimate of drug-likeness (QED) is 0.888. The van der Waals surface area contributed by atoms with Gasteiger partial charge in [-0.1, -0.05) is 6.92 Å².